The van der Waals surface area contributed by atoms with Crippen LogP contribution in [0.25, 0.3) is 6.08 Å². The van der Waals surface area contributed by atoms with E-state index >= 15 is 0 Å². The predicted octanol–water partition coefficient (Wildman–Crippen LogP) is 1.20. The maximum Gasteiger partial charge on any atom is 0.328 e. The number of nitrogens with zero attached hydrogens (tertiary/aromatic N) is 4. The SMILES string of the molecule is CN1CCN(CCN2Cc3cc(C=CC(=O)O)cnc3NC2=O)CC1.Cl. The lowest BCUT2D eigenvalue weighted by Crippen LogP contribution is -2.48. The van der Waals surface area contributed by atoms with Crippen LogP contribution in [0.5, 0.6) is 0 Å². The van der Waals surface area contributed by atoms with Gasteiger partial charge in [-0.15, -0.1) is 12.4 Å². The molecule has 1 saturated heterocycles. The molecule has 0 spiro atoms. The zero-order chi connectivity index (χ0) is 17.8. The lowest BCUT2D eigenvalue weighted by atomic mass is 10.1. The van der Waals surface area contributed by atoms with Gasteiger partial charge in [0, 0.05) is 57.1 Å². The molecule has 8 nitrogen and oxygen atoms in total. The van der Waals surface area contributed by atoms with E-state index < -0.39 is 5.97 Å². The lowest BCUT2D eigenvalue weighted by Gasteiger charge is -2.35. The van der Waals surface area contributed by atoms with Crippen LogP contribution in [0.3, 0.4) is 0 Å². The van der Waals surface area contributed by atoms with Gasteiger partial charge in [0.05, 0.1) is 6.54 Å². The van der Waals surface area contributed by atoms with Crippen LogP contribution in [0.2, 0.25) is 0 Å². The van der Waals surface area contributed by atoms with Crippen LogP contribution in [-0.4, -0.2) is 83.1 Å². The second-order valence-electron chi connectivity index (χ2n) is 6.44. The molecule has 3 heterocycles. The van der Waals surface area contributed by atoms with Gasteiger partial charge in [-0.1, -0.05) is 0 Å². The van der Waals surface area contributed by atoms with E-state index in [-0.39, 0.29) is 18.4 Å². The van der Waals surface area contributed by atoms with Gasteiger partial charge in [0.1, 0.15) is 5.82 Å². The molecule has 0 saturated carbocycles. The van der Waals surface area contributed by atoms with Crippen molar-refractivity contribution in [3.63, 3.8) is 0 Å². The predicted molar refractivity (Wildman–Crippen MR) is 102 cm³/mol. The first-order valence-electron chi connectivity index (χ1n) is 8.38. The number of carboxylic acid groups (broad SMARTS) is 1. The van der Waals surface area contributed by atoms with E-state index in [2.05, 4.69) is 27.1 Å². The summed E-state index contributed by atoms with van der Waals surface area (Å²) in [5.41, 5.74) is 1.60. The number of rotatable bonds is 5. The Morgan fingerprint density at radius 1 is 1.31 bits per heavy atom. The number of carboxylic acids is 1. The third-order valence-electron chi connectivity index (χ3n) is 4.56. The Morgan fingerprint density at radius 3 is 2.73 bits per heavy atom. The minimum Gasteiger partial charge on any atom is -0.478 e. The highest BCUT2D eigenvalue weighted by atomic mass is 35.5. The Hall–Kier alpha value is -2.16. The lowest BCUT2D eigenvalue weighted by molar-refractivity contribution is -0.131. The van der Waals surface area contributed by atoms with Gasteiger partial charge in [0.15, 0.2) is 0 Å². The molecule has 1 aromatic rings. The summed E-state index contributed by atoms with van der Waals surface area (Å²) >= 11 is 0. The largest absolute Gasteiger partial charge is 0.478 e. The number of piperazine rings is 1. The van der Waals surface area contributed by atoms with Crippen LogP contribution in [0.1, 0.15) is 11.1 Å². The number of fused-ring (bicyclic) bond motifs is 1. The average Bonchev–Trinajstić information content (AvgIpc) is 2.59. The molecule has 0 unspecified atom stereocenters. The summed E-state index contributed by atoms with van der Waals surface area (Å²) in [6.07, 6.45) is 4.13. The van der Waals surface area contributed by atoms with Crippen molar-refractivity contribution < 1.29 is 14.7 Å². The number of carbonyl (C=O) groups excluding carboxylic acids is 1. The Labute approximate surface area is 158 Å². The van der Waals surface area contributed by atoms with Crippen LogP contribution in [0.4, 0.5) is 10.6 Å². The number of halogens is 1. The summed E-state index contributed by atoms with van der Waals surface area (Å²) in [5.74, 6) is -0.451. The van der Waals surface area contributed by atoms with Crippen molar-refractivity contribution in [3.05, 3.63) is 29.5 Å². The Kier molecular flexibility index (Phi) is 6.96. The Bertz CT molecular complexity index is 689. The number of carbonyl (C=O) groups is 2. The number of amides is 2. The fourth-order valence-corrected chi connectivity index (χ4v) is 2.99. The van der Waals surface area contributed by atoms with E-state index in [1.54, 1.807) is 11.1 Å². The molecule has 1 aromatic heterocycles. The van der Waals surface area contributed by atoms with Crippen molar-refractivity contribution in [1.29, 1.82) is 0 Å². The minimum absolute atomic E-state index is 0. The van der Waals surface area contributed by atoms with Gasteiger partial charge >= 0.3 is 12.0 Å². The molecule has 2 amide bonds. The molecule has 142 valence electrons. The highest BCUT2D eigenvalue weighted by molar-refractivity contribution is 5.91. The zero-order valence-electron chi connectivity index (χ0n) is 14.7. The summed E-state index contributed by atoms with van der Waals surface area (Å²) in [6.45, 7) is 6.14. The highest BCUT2D eigenvalue weighted by Crippen LogP contribution is 2.22. The number of aliphatic carboxylic acids is 1. The Morgan fingerprint density at radius 2 is 2.04 bits per heavy atom. The number of urea groups is 1. The van der Waals surface area contributed by atoms with E-state index in [9.17, 15) is 9.59 Å². The smallest absolute Gasteiger partial charge is 0.328 e. The fraction of sp³-hybridized carbons (Fsp3) is 0.471. The number of likely N-dealkylation sites (N-methyl/N-ethyl adjacent to an activating group) is 1. The van der Waals surface area contributed by atoms with Gasteiger partial charge in [-0.3, -0.25) is 10.2 Å². The van der Waals surface area contributed by atoms with Crippen LogP contribution >= 0.6 is 12.4 Å². The molecule has 0 aromatic carbocycles. The first-order valence-corrected chi connectivity index (χ1v) is 8.38. The van der Waals surface area contributed by atoms with E-state index in [1.807, 2.05) is 6.07 Å². The standard InChI is InChI=1S/C17H23N5O3.ClH/c1-20-4-6-21(7-5-20)8-9-22-12-14-10-13(2-3-15(23)24)11-18-16(14)19-17(22)25;/h2-3,10-11H,4-9,12H2,1H3,(H,23,24)(H,18,19,25);1H. The number of hydrogen-bond donors (Lipinski definition) is 2. The normalized spacial score (nSPS) is 18.3. The topological polar surface area (TPSA) is 89.0 Å². The molecule has 1 fully saturated rings. The molecule has 2 aliphatic heterocycles. The molecule has 26 heavy (non-hydrogen) atoms. The average molecular weight is 382 g/mol. The third kappa shape index (κ3) is 5.17. The molecule has 3 rings (SSSR count). The summed E-state index contributed by atoms with van der Waals surface area (Å²) in [4.78, 5) is 33.5. The van der Waals surface area contributed by atoms with Gasteiger partial charge in [-0.05, 0) is 24.8 Å². The third-order valence-corrected chi connectivity index (χ3v) is 4.56. The minimum atomic E-state index is -1.00. The summed E-state index contributed by atoms with van der Waals surface area (Å²) in [6, 6.07) is 1.73. The van der Waals surface area contributed by atoms with Crippen molar-refractivity contribution in [2.45, 2.75) is 6.54 Å². The van der Waals surface area contributed by atoms with Gasteiger partial charge in [-0.25, -0.2) is 14.6 Å². The number of aromatic nitrogens is 1. The van der Waals surface area contributed by atoms with Crippen LogP contribution in [0.15, 0.2) is 18.3 Å². The quantitative estimate of drug-likeness (QED) is 0.745. The van der Waals surface area contributed by atoms with Crippen LogP contribution in [0, 0.1) is 0 Å². The number of pyridine rings is 1. The molecule has 0 radical (unpaired) electrons. The molecule has 2 aliphatic rings. The van der Waals surface area contributed by atoms with Crippen LogP contribution in [-0.2, 0) is 11.3 Å². The number of hydrogen-bond acceptors (Lipinski definition) is 5. The van der Waals surface area contributed by atoms with Gasteiger partial charge < -0.3 is 14.9 Å². The number of anilines is 1. The molecule has 2 N–H and O–H groups in total. The van der Waals surface area contributed by atoms with Crippen molar-refractivity contribution in [2.75, 3.05) is 51.6 Å². The highest BCUT2D eigenvalue weighted by Gasteiger charge is 2.24. The zero-order valence-corrected chi connectivity index (χ0v) is 15.5. The molecular weight excluding hydrogens is 358 g/mol. The molecule has 0 bridgehead atoms. The van der Waals surface area contributed by atoms with Gasteiger partial charge in [0.2, 0.25) is 0 Å². The van der Waals surface area contributed by atoms with Crippen molar-refractivity contribution in [2.24, 2.45) is 0 Å². The van der Waals surface area contributed by atoms with Crippen molar-refractivity contribution in [1.82, 2.24) is 19.7 Å². The summed E-state index contributed by atoms with van der Waals surface area (Å²) in [5, 5.41) is 11.5. The van der Waals surface area contributed by atoms with E-state index in [4.69, 9.17) is 5.11 Å². The second kappa shape index (κ2) is 8.98. The van der Waals surface area contributed by atoms with Gasteiger partial charge in [-0.2, -0.15) is 0 Å². The maximum atomic E-state index is 12.2. The van der Waals surface area contributed by atoms with E-state index in [1.165, 1.54) is 6.08 Å². The summed E-state index contributed by atoms with van der Waals surface area (Å²) in [7, 11) is 2.12. The fourth-order valence-electron chi connectivity index (χ4n) is 2.99. The monoisotopic (exact) mass is 381 g/mol. The first kappa shape index (κ1) is 20.2. The van der Waals surface area contributed by atoms with Crippen LogP contribution < -0.4 is 5.32 Å². The molecule has 0 aliphatic carbocycles. The second-order valence-corrected chi connectivity index (χ2v) is 6.44. The Balaban J connectivity index is 0.00000243. The first-order chi connectivity index (χ1) is 12.0. The molecule has 0 atom stereocenters. The summed E-state index contributed by atoms with van der Waals surface area (Å²) < 4.78 is 0. The van der Waals surface area contributed by atoms with E-state index in [0.29, 0.717) is 24.5 Å². The molecule has 9 heteroatoms. The molecular formula is C17H24ClN5O3. The van der Waals surface area contributed by atoms with Gasteiger partial charge in [0.25, 0.3) is 0 Å². The van der Waals surface area contributed by atoms with Crippen molar-refractivity contribution in [3.8, 4) is 0 Å². The van der Waals surface area contributed by atoms with E-state index in [0.717, 1.165) is 44.4 Å². The maximum absolute atomic E-state index is 12.2. The van der Waals surface area contributed by atoms with Crippen molar-refractivity contribution >= 4 is 36.3 Å². The number of nitrogens with one attached hydrogen (secondary N) is 1.